The normalized spacial score (nSPS) is 18.0. The van der Waals surface area contributed by atoms with Gasteiger partial charge < -0.3 is 14.8 Å². The molecule has 6 heteroatoms. The molecule has 1 fully saturated rings. The number of phenolic OH excluding ortho intramolecular Hbond substituents is 1. The largest absolute Gasteiger partial charge is 0.504 e. The third kappa shape index (κ3) is 3.92. The van der Waals surface area contributed by atoms with E-state index in [0.29, 0.717) is 37.8 Å². The number of hydrogen-bond acceptors (Lipinski definition) is 5. The van der Waals surface area contributed by atoms with Crippen LogP contribution in [0.25, 0.3) is 0 Å². The van der Waals surface area contributed by atoms with E-state index in [0.717, 1.165) is 42.0 Å². The van der Waals surface area contributed by atoms with Crippen LogP contribution < -0.4 is 10.3 Å². The quantitative estimate of drug-likeness (QED) is 0.826. The number of para-hydroxylation sites is 1. The molecule has 0 unspecified atom stereocenters. The van der Waals surface area contributed by atoms with Crippen molar-refractivity contribution in [3.05, 3.63) is 51.2 Å². The number of phenols is 1. The van der Waals surface area contributed by atoms with Crippen molar-refractivity contribution in [3.63, 3.8) is 0 Å². The summed E-state index contributed by atoms with van der Waals surface area (Å²) in [5.41, 5.74) is 2.59. The molecule has 1 aliphatic heterocycles. The van der Waals surface area contributed by atoms with Crippen molar-refractivity contribution in [2.24, 2.45) is 0 Å². The molecule has 1 aromatic heterocycles. The highest BCUT2D eigenvalue weighted by Crippen LogP contribution is 2.33. The molecule has 2 aliphatic rings. The topological polar surface area (TPSA) is 78.5 Å². The highest BCUT2D eigenvalue weighted by molar-refractivity contribution is 5.45. The Balaban J connectivity index is 1.53. The Morgan fingerprint density at radius 3 is 2.89 bits per heavy atom. The van der Waals surface area contributed by atoms with E-state index in [1.54, 1.807) is 6.07 Å². The Hall–Kier alpha value is -2.34. The minimum Gasteiger partial charge on any atom is -0.504 e. The standard InChI is InChI=1S/C22H29N3O3/c1-2-28-19-10-6-9-16(20(19)26)13-25-12-11-17-18(14-25)23-21(24-22(17)27)15-7-4-3-5-8-15/h6,9-10,15,26H,2-5,7-8,11-14H2,1H3,(H,23,24,27). The van der Waals surface area contributed by atoms with Gasteiger partial charge in [-0.05, 0) is 32.3 Å². The number of nitrogens with zero attached hydrogens (tertiary/aromatic N) is 2. The van der Waals surface area contributed by atoms with Crippen molar-refractivity contribution in [2.75, 3.05) is 13.2 Å². The summed E-state index contributed by atoms with van der Waals surface area (Å²) in [6, 6.07) is 5.61. The lowest BCUT2D eigenvalue weighted by Gasteiger charge is -2.29. The summed E-state index contributed by atoms with van der Waals surface area (Å²) in [5, 5.41) is 10.5. The van der Waals surface area contributed by atoms with Crippen LogP contribution in [0.4, 0.5) is 0 Å². The van der Waals surface area contributed by atoms with Crippen molar-refractivity contribution in [3.8, 4) is 11.5 Å². The fourth-order valence-corrected chi connectivity index (χ4v) is 4.43. The first-order chi connectivity index (χ1) is 13.7. The lowest BCUT2D eigenvalue weighted by molar-refractivity contribution is 0.234. The predicted molar refractivity (Wildman–Crippen MR) is 108 cm³/mol. The first kappa shape index (κ1) is 19.0. The van der Waals surface area contributed by atoms with Crippen LogP contribution in [0.5, 0.6) is 11.5 Å². The number of rotatable bonds is 5. The zero-order valence-electron chi connectivity index (χ0n) is 16.5. The number of hydrogen-bond donors (Lipinski definition) is 2. The first-order valence-electron chi connectivity index (χ1n) is 10.4. The monoisotopic (exact) mass is 383 g/mol. The summed E-state index contributed by atoms with van der Waals surface area (Å²) in [6.45, 7) is 4.45. The SMILES string of the molecule is CCOc1cccc(CN2CCc3c(nc(C4CCCCC4)[nH]c3=O)C2)c1O. The van der Waals surface area contributed by atoms with Crippen LogP contribution in [0.3, 0.4) is 0 Å². The molecule has 1 saturated carbocycles. The molecule has 4 rings (SSSR count). The molecule has 6 nitrogen and oxygen atoms in total. The van der Waals surface area contributed by atoms with Crippen molar-refractivity contribution >= 4 is 0 Å². The summed E-state index contributed by atoms with van der Waals surface area (Å²) < 4.78 is 5.50. The molecule has 0 amide bonds. The van der Waals surface area contributed by atoms with E-state index < -0.39 is 0 Å². The molecule has 2 heterocycles. The minimum absolute atomic E-state index is 0.0337. The molecule has 0 saturated heterocycles. The number of H-pyrrole nitrogens is 1. The molecule has 28 heavy (non-hydrogen) atoms. The molecule has 1 aromatic carbocycles. The van der Waals surface area contributed by atoms with Crippen LogP contribution in [0, 0.1) is 0 Å². The van der Waals surface area contributed by atoms with E-state index >= 15 is 0 Å². The van der Waals surface area contributed by atoms with Crippen LogP contribution in [-0.4, -0.2) is 33.1 Å². The van der Waals surface area contributed by atoms with Gasteiger partial charge in [0.2, 0.25) is 0 Å². The second-order valence-corrected chi connectivity index (χ2v) is 7.87. The summed E-state index contributed by atoms with van der Waals surface area (Å²) in [7, 11) is 0. The van der Waals surface area contributed by atoms with E-state index in [2.05, 4.69) is 9.88 Å². The van der Waals surface area contributed by atoms with E-state index in [1.165, 1.54) is 19.3 Å². The number of fused-ring (bicyclic) bond motifs is 1. The number of aromatic nitrogens is 2. The minimum atomic E-state index is 0.0337. The summed E-state index contributed by atoms with van der Waals surface area (Å²) >= 11 is 0. The second kappa shape index (κ2) is 8.35. The number of ether oxygens (including phenoxy) is 1. The van der Waals surface area contributed by atoms with Gasteiger partial charge in [-0.15, -0.1) is 0 Å². The second-order valence-electron chi connectivity index (χ2n) is 7.87. The van der Waals surface area contributed by atoms with Gasteiger partial charge >= 0.3 is 0 Å². The Morgan fingerprint density at radius 1 is 1.29 bits per heavy atom. The van der Waals surface area contributed by atoms with Crippen molar-refractivity contribution in [2.45, 2.75) is 64.5 Å². The number of benzene rings is 1. The highest BCUT2D eigenvalue weighted by atomic mass is 16.5. The number of aromatic amines is 1. The molecule has 0 atom stereocenters. The summed E-state index contributed by atoms with van der Waals surface area (Å²) in [4.78, 5) is 22.8. The maximum Gasteiger partial charge on any atom is 0.254 e. The average molecular weight is 383 g/mol. The van der Waals surface area contributed by atoms with Gasteiger partial charge in [0.05, 0.1) is 12.3 Å². The fraction of sp³-hybridized carbons (Fsp3) is 0.545. The van der Waals surface area contributed by atoms with Crippen LogP contribution in [0.15, 0.2) is 23.0 Å². The summed E-state index contributed by atoms with van der Waals surface area (Å²) in [6.07, 6.45) is 6.63. The third-order valence-corrected chi connectivity index (χ3v) is 5.94. The Morgan fingerprint density at radius 2 is 2.11 bits per heavy atom. The van der Waals surface area contributed by atoms with Gasteiger partial charge in [0.15, 0.2) is 11.5 Å². The molecular weight excluding hydrogens is 354 g/mol. The Labute approximate surface area is 165 Å². The van der Waals surface area contributed by atoms with Gasteiger partial charge in [-0.3, -0.25) is 9.69 Å². The molecule has 0 spiro atoms. The smallest absolute Gasteiger partial charge is 0.254 e. The molecule has 150 valence electrons. The molecule has 1 aliphatic carbocycles. The van der Waals surface area contributed by atoms with E-state index in [4.69, 9.17) is 9.72 Å². The fourth-order valence-electron chi connectivity index (χ4n) is 4.43. The Bertz CT molecular complexity index is 887. The molecule has 0 bridgehead atoms. The zero-order valence-corrected chi connectivity index (χ0v) is 16.5. The van der Waals surface area contributed by atoms with Crippen molar-refractivity contribution in [1.29, 1.82) is 0 Å². The van der Waals surface area contributed by atoms with E-state index in [-0.39, 0.29) is 11.3 Å². The summed E-state index contributed by atoms with van der Waals surface area (Å²) in [5.74, 6) is 1.98. The van der Waals surface area contributed by atoms with Gasteiger partial charge in [0.1, 0.15) is 5.82 Å². The van der Waals surface area contributed by atoms with Crippen molar-refractivity contribution in [1.82, 2.24) is 14.9 Å². The molecule has 0 radical (unpaired) electrons. The maximum absolute atomic E-state index is 12.6. The molecule has 2 aromatic rings. The van der Waals surface area contributed by atoms with Gasteiger partial charge in [0, 0.05) is 36.7 Å². The average Bonchev–Trinajstić information content (AvgIpc) is 2.71. The number of nitrogens with one attached hydrogen (secondary N) is 1. The first-order valence-corrected chi connectivity index (χ1v) is 10.4. The van der Waals surface area contributed by atoms with Gasteiger partial charge in [0.25, 0.3) is 5.56 Å². The van der Waals surface area contributed by atoms with Crippen LogP contribution in [0.2, 0.25) is 0 Å². The Kier molecular flexibility index (Phi) is 5.67. The van der Waals surface area contributed by atoms with Crippen LogP contribution >= 0.6 is 0 Å². The molecular formula is C22H29N3O3. The highest BCUT2D eigenvalue weighted by Gasteiger charge is 2.25. The van der Waals surface area contributed by atoms with Crippen molar-refractivity contribution < 1.29 is 9.84 Å². The number of aromatic hydroxyl groups is 1. The van der Waals surface area contributed by atoms with E-state index in [9.17, 15) is 9.90 Å². The zero-order chi connectivity index (χ0) is 19.5. The van der Waals surface area contributed by atoms with Gasteiger partial charge in [-0.2, -0.15) is 0 Å². The van der Waals surface area contributed by atoms with Crippen LogP contribution in [0.1, 0.15) is 67.6 Å². The van der Waals surface area contributed by atoms with Crippen LogP contribution in [-0.2, 0) is 19.5 Å². The third-order valence-electron chi connectivity index (χ3n) is 5.94. The maximum atomic E-state index is 12.6. The predicted octanol–water partition coefficient (Wildman–Crippen LogP) is 3.48. The van der Waals surface area contributed by atoms with E-state index in [1.807, 2.05) is 19.1 Å². The molecule has 2 N–H and O–H groups in total. The van der Waals surface area contributed by atoms with Gasteiger partial charge in [-0.25, -0.2) is 4.98 Å². The lowest BCUT2D eigenvalue weighted by atomic mass is 9.88. The van der Waals surface area contributed by atoms with Gasteiger partial charge in [-0.1, -0.05) is 31.4 Å². The lowest BCUT2D eigenvalue weighted by Crippen LogP contribution is -2.35.